The number of aromatic nitrogens is 3. The van der Waals surface area contributed by atoms with E-state index in [1.54, 1.807) is 30.6 Å². The SMILES string of the molecule is Cn1cnnc1C1CCCN(C(=O)COc2ccc(Cl)cc2)C1. The van der Waals surface area contributed by atoms with E-state index in [-0.39, 0.29) is 18.4 Å². The van der Waals surface area contributed by atoms with E-state index in [1.807, 2.05) is 16.5 Å². The first kappa shape index (κ1) is 15.8. The van der Waals surface area contributed by atoms with Gasteiger partial charge < -0.3 is 14.2 Å². The molecule has 1 aromatic carbocycles. The number of likely N-dealkylation sites (tertiary alicyclic amines) is 1. The monoisotopic (exact) mass is 334 g/mol. The number of amides is 1. The minimum atomic E-state index is -0.00758. The van der Waals surface area contributed by atoms with Crippen molar-refractivity contribution < 1.29 is 9.53 Å². The van der Waals surface area contributed by atoms with Crippen LogP contribution in [0.5, 0.6) is 5.75 Å². The highest BCUT2D eigenvalue weighted by atomic mass is 35.5. The zero-order valence-corrected chi connectivity index (χ0v) is 13.7. The second-order valence-corrected chi connectivity index (χ2v) is 6.16. The topological polar surface area (TPSA) is 60.2 Å². The minimum Gasteiger partial charge on any atom is -0.484 e. The van der Waals surface area contributed by atoms with E-state index in [0.717, 1.165) is 25.2 Å². The first-order chi connectivity index (χ1) is 11.1. The van der Waals surface area contributed by atoms with Crippen LogP contribution >= 0.6 is 11.6 Å². The molecule has 0 bridgehead atoms. The molecule has 1 amide bonds. The molecule has 0 spiro atoms. The van der Waals surface area contributed by atoms with Crippen LogP contribution in [0.2, 0.25) is 5.02 Å². The quantitative estimate of drug-likeness (QED) is 0.860. The summed E-state index contributed by atoms with van der Waals surface area (Å²) < 4.78 is 7.46. The van der Waals surface area contributed by atoms with Gasteiger partial charge in [0.15, 0.2) is 6.61 Å². The summed E-state index contributed by atoms with van der Waals surface area (Å²) >= 11 is 5.83. The lowest BCUT2D eigenvalue weighted by atomic mass is 9.97. The largest absolute Gasteiger partial charge is 0.484 e. The number of nitrogens with zero attached hydrogens (tertiary/aromatic N) is 4. The fourth-order valence-electron chi connectivity index (χ4n) is 2.84. The van der Waals surface area contributed by atoms with Gasteiger partial charge in [-0.2, -0.15) is 0 Å². The molecule has 0 saturated carbocycles. The van der Waals surface area contributed by atoms with Crippen molar-refractivity contribution in [2.24, 2.45) is 7.05 Å². The molecule has 1 aliphatic rings. The van der Waals surface area contributed by atoms with E-state index >= 15 is 0 Å². The molecule has 1 fully saturated rings. The third-order valence-electron chi connectivity index (χ3n) is 4.06. The normalized spacial score (nSPS) is 18.0. The van der Waals surface area contributed by atoms with Crippen LogP contribution in [-0.4, -0.2) is 45.3 Å². The molecule has 1 aliphatic heterocycles. The summed E-state index contributed by atoms with van der Waals surface area (Å²) in [7, 11) is 1.93. The van der Waals surface area contributed by atoms with E-state index in [0.29, 0.717) is 17.3 Å². The summed E-state index contributed by atoms with van der Waals surface area (Å²) in [6, 6.07) is 7.00. The van der Waals surface area contributed by atoms with E-state index in [1.165, 1.54) is 0 Å². The van der Waals surface area contributed by atoms with E-state index in [4.69, 9.17) is 16.3 Å². The lowest BCUT2D eigenvalue weighted by Gasteiger charge is -2.32. The van der Waals surface area contributed by atoms with Crippen LogP contribution < -0.4 is 4.74 Å². The van der Waals surface area contributed by atoms with E-state index < -0.39 is 0 Å². The Morgan fingerprint density at radius 3 is 2.87 bits per heavy atom. The Labute approximate surface area is 140 Å². The van der Waals surface area contributed by atoms with Gasteiger partial charge in [-0.1, -0.05) is 11.6 Å². The van der Waals surface area contributed by atoms with Crippen LogP contribution in [0.4, 0.5) is 0 Å². The second kappa shape index (κ2) is 7.00. The molecule has 0 radical (unpaired) electrons. The Kier molecular flexibility index (Phi) is 4.81. The third kappa shape index (κ3) is 3.82. The Morgan fingerprint density at radius 1 is 1.39 bits per heavy atom. The Balaban J connectivity index is 1.56. The zero-order chi connectivity index (χ0) is 16.2. The highest BCUT2D eigenvalue weighted by molar-refractivity contribution is 6.30. The van der Waals surface area contributed by atoms with Crippen LogP contribution in [0.15, 0.2) is 30.6 Å². The Bertz CT molecular complexity index is 671. The number of hydrogen-bond acceptors (Lipinski definition) is 4. The first-order valence-corrected chi connectivity index (χ1v) is 8.01. The van der Waals surface area contributed by atoms with Crippen LogP contribution in [0, 0.1) is 0 Å². The summed E-state index contributed by atoms with van der Waals surface area (Å²) in [6.45, 7) is 1.46. The average Bonchev–Trinajstić information content (AvgIpc) is 3.00. The van der Waals surface area contributed by atoms with Gasteiger partial charge in [0, 0.05) is 31.1 Å². The fourth-order valence-corrected chi connectivity index (χ4v) is 2.97. The van der Waals surface area contributed by atoms with Crippen molar-refractivity contribution >= 4 is 17.5 Å². The van der Waals surface area contributed by atoms with Crippen LogP contribution in [0.3, 0.4) is 0 Å². The Morgan fingerprint density at radius 2 is 2.17 bits per heavy atom. The number of carbonyl (C=O) groups excluding carboxylic acids is 1. The van der Waals surface area contributed by atoms with Gasteiger partial charge in [0.2, 0.25) is 0 Å². The Hall–Kier alpha value is -2.08. The molecule has 7 heteroatoms. The van der Waals surface area contributed by atoms with Crippen molar-refractivity contribution in [3.63, 3.8) is 0 Å². The predicted octanol–water partition coefficient (Wildman–Crippen LogP) is 2.25. The number of hydrogen-bond donors (Lipinski definition) is 0. The fraction of sp³-hybridized carbons (Fsp3) is 0.438. The maximum atomic E-state index is 12.4. The lowest BCUT2D eigenvalue weighted by molar-refractivity contribution is -0.134. The number of halogens is 1. The summed E-state index contributed by atoms with van der Waals surface area (Å²) in [4.78, 5) is 14.2. The number of aryl methyl sites for hydroxylation is 1. The second-order valence-electron chi connectivity index (χ2n) is 5.72. The summed E-state index contributed by atoms with van der Waals surface area (Å²) in [5.41, 5.74) is 0. The molecule has 122 valence electrons. The highest BCUT2D eigenvalue weighted by Gasteiger charge is 2.27. The van der Waals surface area contributed by atoms with Crippen LogP contribution in [0.25, 0.3) is 0 Å². The van der Waals surface area contributed by atoms with Crippen molar-refractivity contribution in [3.8, 4) is 5.75 Å². The summed E-state index contributed by atoms with van der Waals surface area (Å²) in [5, 5.41) is 8.73. The summed E-state index contributed by atoms with van der Waals surface area (Å²) in [5.74, 6) is 1.80. The maximum absolute atomic E-state index is 12.4. The maximum Gasteiger partial charge on any atom is 0.260 e. The lowest BCUT2D eigenvalue weighted by Crippen LogP contribution is -2.42. The van der Waals surface area contributed by atoms with E-state index in [9.17, 15) is 4.79 Å². The van der Waals surface area contributed by atoms with Gasteiger partial charge >= 0.3 is 0 Å². The molecule has 1 unspecified atom stereocenters. The average molecular weight is 335 g/mol. The van der Waals surface area contributed by atoms with Crippen LogP contribution in [0.1, 0.15) is 24.6 Å². The molecule has 23 heavy (non-hydrogen) atoms. The molecular formula is C16H19ClN4O2. The number of rotatable bonds is 4. The predicted molar refractivity (Wildman–Crippen MR) is 86.5 cm³/mol. The highest BCUT2D eigenvalue weighted by Crippen LogP contribution is 2.25. The number of benzene rings is 1. The molecule has 0 N–H and O–H groups in total. The number of carbonyl (C=O) groups is 1. The van der Waals surface area contributed by atoms with Crippen molar-refractivity contribution in [3.05, 3.63) is 41.4 Å². The van der Waals surface area contributed by atoms with Gasteiger partial charge in [-0.3, -0.25) is 4.79 Å². The number of ether oxygens (including phenoxy) is 1. The molecule has 1 saturated heterocycles. The molecule has 3 rings (SSSR count). The van der Waals surface area contributed by atoms with Crippen molar-refractivity contribution in [1.29, 1.82) is 0 Å². The third-order valence-corrected chi connectivity index (χ3v) is 4.31. The standard InChI is InChI=1S/C16H19ClN4O2/c1-20-11-18-19-16(20)12-3-2-8-21(9-12)15(22)10-23-14-6-4-13(17)5-7-14/h4-7,11-12H,2-3,8-10H2,1H3. The van der Waals surface area contributed by atoms with Crippen molar-refractivity contribution in [2.45, 2.75) is 18.8 Å². The van der Waals surface area contributed by atoms with Gasteiger partial charge in [0.1, 0.15) is 17.9 Å². The minimum absolute atomic E-state index is 0.00758. The van der Waals surface area contributed by atoms with Gasteiger partial charge in [-0.25, -0.2) is 0 Å². The molecule has 6 nitrogen and oxygen atoms in total. The van der Waals surface area contributed by atoms with Crippen molar-refractivity contribution in [2.75, 3.05) is 19.7 Å². The molecule has 1 aromatic heterocycles. The van der Waals surface area contributed by atoms with Crippen LogP contribution in [-0.2, 0) is 11.8 Å². The summed E-state index contributed by atoms with van der Waals surface area (Å²) in [6.07, 6.45) is 3.68. The molecular weight excluding hydrogens is 316 g/mol. The molecule has 1 atom stereocenters. The zero-order valence-electron chi connectivity index (χ0n) is 13.0. The van der Waals surface area contributed by atoms with Gasteiger partial charge in [-0.15, -0.1) is 10.2 Å². The molecule has 2 aromatic rings. The van der Waals surface area contributed by atoms with Crippen molar-refractivity contribution in [1.82, 2.24) is 19.7 Å². The van der Waals surface area contributed by atoms with Gasteiger partial charge in [0.05, 0.1) is 0 Å². The molecule has 0 aliphatic carbocycles. The first-order valence-electron chi connectivity index (χ1n) is 7.63. The van der Waals surface area contributed by atoms with E-state index in [2.05, 4.69) is 10.2 Å². The number of piperidine rings is 1. The van der Waals surface area contributed by atoms with Gasteiger partial charge in [0.25, 0.3) is 5.91 Å². The molecule has 2 heterocycles. The van der Waals surface area contributed by atoms with Gasteiger partial charge in [-0.05, 0) is 37.1 Å². The smallest absolute Gasteiger partial charge is 0.260 e.